The molecule has 2 aromatic carbocycles. The molecule has 0 fully saturated rings. The van der Waals surface area contributed by atoms with Crippen LogP contribution in [0.25, 0.3) is 0 Å². The van der Waals surface area contributed by atoms with E-state index in [-0.39, 0.29) is 26.2 Å². The molecular weight excluding hydrogens is 331 g/mol. The molecule has 0 nitrogen and oxygen atoms in total. The minimum Gasteiger partial charge on any atom is -0.346 e. The van der Waals surface area contributed by atoms with E-state index in [1.165, 1.54) is 51.4 Å². The first kappa shape index (κ1) is 18.6. The first-order valence-corrected chi connectivity index (χ1v) is 8.11. The van der Waals surface area contributed by atoms with Gasteiger partial charge in [0.15, 0.2) is 0 Å². The summed E-state index contributed by atoms with van der Waals surface area (Å²) in [6.07, 6.45) is 10.9. The van der Waals surface area contributed by atoms with Crippen molar-refractivity contribution in [3.63, 3.8) is 0 Å². The van der Waals surface area contributed by atoms with Crippen molar-refractivity contribution in [2.45, 2.75) is 58.3 Å². The summed E-state index contributed by atoms with van der Waals surface area (Å²) in [5.74, 6) is 0. The van der Waals surface area contributed by atoms with Crippen molar-refractivity contribution in [3.8, 4) is 0 Å². The van der Waals surface area contributed by atoms with E-state index in [9.17, 15) is 0 Å². The van der Waals surface area contributed by atoms with Crippen LogP contribution < -0.4 is 0 Å². The first-order valence-electron chi connectivity index (χ1n) is 8.11. The van der Waals surface area contributed by atoms with E-state index in [0.717, 1.165) is 0 Å². The predicted octanol–water partition coefficient (Wildman–Crippen LogP) is 5.41. The largest absolute Gasteiger partial charge is 3.00 e. The zero-order chi connectivity index (χ0) is 14.2. The Balaban J connectivity index is 0.000000181. The third kappa shape index (κ3) is 5.37. The molecule has 0 unspecified atom stereocenters. The van der Waals surface area contributed by atoms with E-state index in [1.54, 1.807) is 29.2 Å². The number of rotatable bonds is 0. The van der Waals surface area contributed by atoms with E-state index < -0.39 is 0 Å². The van der Waals surface area contributed by atoms with Gasteiger partial charge in [-0.25, -0.2) is 12.1 Å². The SMILES string of the molecule is [CH2-]C.[Zr+3].c1cc2c([cH-]1)CCCC2.c1cc2c([cH-]1)CCCC2. The maximum Gasteiger partial charge on any atom is 3.00 e. The molecule has 1 radical (unpaired) electrons. The van der Waals surface area contributed by atoms with Gasteiger partial charge >= 0.3 is 26.2 Å². The summed E-state index contributed by atoms with van der Waals surface area (Å²) < 4.78 is 0. The van der Waals surface area contributed by atoms with Crippen molar-refractivity contribution in [2.75, 3.05) is 0 Å². The average Bonchev–Trinajstić information content (AvgIpc) is 3.18. The third-order valence-electron chi connectivity index (χ3n) is 4.30. The maximum atomic E-state index is 3.25. The van der Waals surface area contributed by atoms with Crippen LogP contribution in [0.2, 0.25) is 0 Å². The summed E-state index contributed by atoms with van der Waals surface area (Å²) >= 11 is 0. The van der Waals surface area contributed by atoms with Crippen molar-refractivity contribution in [1.82, 2.24) is 0 Å². The molecule has 1 heteroatoms. The van der Waals surface area contributed by atoms with Crippen molar-refractivity contribution in [1.29, 1.82) is 0 Å². The monoisotopic (exact) mass is 357 g/mol. The van der Waals surface area contributed by atoms with Gasteiger partial charge in [0.2, 0.25) is 0 Å². The van der Waals surface area contributed by atoms with Crippen LogP contribution in [0, 0.1) is 6.92 Å². The van der Waals surface area contributed by atoms with E-state index in [2.05, 4.69) is 43.3 Å². The first-order chi connectivity index (χ1) is 9.93. The standard InChI is InChI=1S/2C9H11.C2H5.Zr/c2*1-2-5-9-7-3-6-8(9)4-1;1-2;/h2*3,6-7H,1-2,4-5H2;1H2,2H3;/q3*-1;+3. The molecule has 0 amide bonds. The van der Waals surface area contributed by atoms with Gasteiger partial charge in [-0.3, -0.25) is 0 Å². The number of aryl methyl sites for hydroxylation is 4. The second-order valence-electron chi connectivity index (χ2n) is 5.57. The summed E-state index contributed by atoms with van der Waals surface area (Å²) in [4.78, 5) is 0. The van der Waals surface area contributed by atoms with Crippen LogP contribution in [0.15, 0.2) is 36.4 Å². The Kier molecular flexibility index (Phi) is 9.17. The molecule has 0 spiro atoms. The molecule has 0 N–H and O–H groups in total. The molecule has 2 aliphatic carbocycles. The third-order valence-corrected chi connectivity index (χ3v) is 4.30. The summed E-state index contributed by atoms with van der Waals surface area (Å²) in [5.41, 5.74) is 6.39. The summed E-state index contributed by atoms with van der Waals surface area (Å²) in [6.45, 7) is 5.00. The van der Waals surface area contributed by atoms with E-state index in [4.69, 9.17) is 0 Å². The van der Waals surface area contributed by atoms with Crippen LogP contribution in [0.3, 0.4) is 0 Å². The van der Waals surface area contributed by atoms with Gasteiger partial charge in [0, 0.05) is 0 Å². The van der Waals surface area contributed by atoms with Crippen LogP contribution in [-0.4, -0.2) is 0 Å². The number of hydrogen-bond acceptors (Lipinski definition) is 0. The van der Waals surface area contributed by atoms with Crippen molar-refractivity contribution < 1.29 is 26.2 Å². The molecule has 4 rings (SSSR count). The summed E-state index contributed by atoms with van der Waals surface area (Å²) in [5, 5.41) is 0. The molecule has 2 aliphatic rings. The summed E-state index contributed by atoms with van der Waals surface area (Å²) in [6, 6.07) is 13.4. The zero-order valence-electron chi connectivity index (χ0n) is 13.3. The maximum absolute atomic E-state index is 3.25. The van der Waals surface area contributed by atoms with Crippen LogP contribution in [0.5, 0.6) is 0 Å². The Hall–Kier alpha value is -0.417. The van der Waals surface area contributed by atoms with Gasteiger partial charge in [-0.1, -0.05) is 51.4 Å². The molecule has 0 atom stereocenters. The van der Waals surface area contributed by atoms with Crippen LogP contribution in [0.1, 0.15) is 54.9 Å². The molecule has 0 aliphatic heterocycles. The molecule has 111 valence electrons. The topological polar surface area (TPSA) is 0 Å². The van der Waals surface area contributed by atoms with Gasteiger partial charge in [-0.15, -0.1) is 0 Å². The predicted molar refractivity (Wildman–Crippen MR) is 88.4 cm³/mol. The van der Waals surface area contributed by atoms with Gasteiger partial charge in [-0.2, -0.15) is 53.4 Å². The molecule has 0 heterocycles. The second kappa shape index (κ2) is 10.3. The summed E-state index contributed by atoms with van der Waals surface area (Å²) in [7, 11) is 0. The molecule has 0 saturated heterocycles. The molecule has 0 saturated carbocycles. The second-order valence-corrected chi connectivity index (χ2v) is 5.57. The molecule has 0 bridgehead atoms. The zero-order valence-corrected chi connectivity index (χ0v) is 15.8. The van der Waals surface area contributed by atoms with E-state index in [0.29, 0.717) is 0 Å². The molecule has 0 aromatic heterocycles. The average molecular weight is 359 g/mol. The Morgan fingerprint density at radius 3 is 1.48 bits per heavy atom. The van der Waals surface area contributed by atoms with Crippen molar-refractivity contribution >= 4 is 0 Å². The molecule has 21 heavy (non-hydrogen) atoms. The Labute approximate surface area is 149 Å². The van der Waals surface area contributed by atoms with Gasteiger partial charge in [-0.05, 0) is 0 Å². The fraction of sp³-hybridized carbons (Fsp3) is 0.450. The van der Waals surface area contributed by atoms with Gasteiger partial charge < -0.3 is 6.92 Å². The number of fused-ring (bicyclic) bond motifs is 2. The quantitative estimate of drug-likeness (QED) is 0.553. The van der Waals surface area contributed by atoms with Crippen LogP contribution >= 0.6 is 0 Å². The normalized spacial score (nSPS) is 15.1. The molecular formula is C20H27Zr. The fourth-order valence-corrected chi connectivity index (χ4v) is 3.23. The smallest absolute Gasteiger partial charge is 0.346 e. The van der Waals surface area contributed by atoms with Crippen molar-refractivity contribution in [3.05, 3.63) is 65.6 Å². The van der Waals surface area contributed by atoms with Gasteiger partial charge in [0.05, 0.1) is 0 Å². The fourth-order valence-electron chi connectivity index (χ4n) is 3.23. The Morgan fingerprint density at radius 2 is 1.10 bits per heavy atom. The Morgan fingerprint density at radius 1 is 0.714 bits per heavy atom. The van der Waals surface area contributed by atoms with Crippen LogP contribution in [0.4, 0.5) is 0 Å². The van der Waals surface area contributed by atoms with Gasteiger partial charge in [0.25, 0.3) is 0 Å². The van der Waals surface area contributed by atoms with Crippen molar-refractivity contribution in [2.24, 2.45) is 0 Å². The van der Waals surface area contributed by atoms with E-state index in [1.807, 2.05) is 0 Å². The molecule has 2 aromatic rings. The number of hydrogen-bond donors (Lipinski definition) is 0. The van der Waals surface area contributed by atoms with Crippen LogP contribution in [-0.2, 0) is 51.9 Å². The van der Waals surface area contributed by atoms with E-state index >= 15 is 0 Å². The van der Waals surface area contributed by atoms with Gasteiger partial charge in [0.1, 0.15) is 0 Å². The minimum atomic E-state index is 0. The Bertz CT molecular complexity index is 402. The minimum absolute atomic E-state index is 0.